The SMILES string of the molecule is CCCCCNc1cc(C(=O)NCCN2CCOCC2)ncn1. The lowest BCUT2D eigenvalue weighted by atomic mass is 10.2. The summed E-state index contributed by atoms with van der Waals surface area (Å²) in [4.78, 5) is 22.6. The number of unbranched alkanes of at least 4 members (excludes halogenated alkanes) is 2. The van der Waals surface area contributed by atoms with Gasteiger partial charge in [0.25, 0.3) is 5.91 Å². The van der Waals surface area contributed by atoms with E-state index in [0.29, 0.717) is 18.1 Å². The van der Waals surface area contributed by atoms with Crippen molar-refractivity contribution in [2.75, 3.05) is 51.3 Å². The molecule has 23 heavy (non-hydrogen) atoms. The summed E-state index contributed by atoms with van der Waals surface area (Å²) in [5, 5.41) is 6.14. The molecule has 2 rings (SSSR count). The molecule has 1 saturated heterocycles. The molecule has 0 bridgehead atoms. The topological polar surface area (TPSA) is 79.4 Å². The molecule has 0 atom stereocenters. The predicted molar refractivity (Wildman–Crippen MR) is 89.6 cm³/mol. The van der Waals surface area contributed by atoms with Gasteiger partial charge in [0.05, 0.1) is 13.2 Å². The number of hydrogen-bond acceptors (Lipinski definition) is 6. The van der Waals surface area contributed by atoms with Gasteiger partial charge in [-0.3, -0.25) is 9.69 Å². The van der Waals surface area contributed by atoms with Crippen LogP contribution >= 0.6 is 0 Å². The van der Waals surface area contributed by atoms with Gasteiger partial charge in [0.15, 0.2) is 0 Å². The van der Waals surface area contributed by atoms with Gasteiger partial charge in [-0.25, -0.2) is 9.97 Å². The third-order valence-electron chi connectivity index (χ3n) is 3.80. The second-order valence-electron chi connectivity index (χ2n) is 5.63. The number of anilines is 1. The predicted octanol–water partition coefficient (Wildman–Crippen LogP) is 1.14. The molecule has 7 heteroatoms. The molecular weight excluding hydrogens is 294 g/mol. The number of rotatable bonds is 9. The first-order valence-electron chi connectivity index (χ1n) is 8.44. The van der Waals surface area contributed by atoms with Gasteiger partial charge in [-0.05, 0) is 6.42 Å². The summed E-state index contributed by atoms with van der Waals surface area (Å²) >= 11 is 0. The van der Waals surface area contributed by atoms with Gasteiger partial charge < -0.3 is 15.4 Å². The van der Waals surface area contributed by atoms with Crippen molar-refractivity contribution in [3.05, 3.63) is 18.1 Å². The van der Waals surface area contributed by atoms with Crippen molar-refractivity contribution in [2.24, 2.45) is 0 Å². The van der Waals surface area contributed by atoms with E-state index in [0.717, 1.165) is 45.8 Å². The molecule has 0 aromatic carbocycles. The van der Waals surface area contributed by atoms with Gasteiger partial charge in [0.2, 0.25) is 0 Å². The van der Waals surface area contributed by atoms with Gasteiger partial charge in [0, 0.05) is 38.8 Å². The maximum absolute atomic E-state index is 12.1. The molecular formula is C16H27N5O2. The van der Waals surface area contributed by atoms with Gasteiger partial charge in [0.1, 0.15) is 17.8 Å². The molecule has 1 amide bonds. The van der Waals surface area contributed by atoms with E-state index in [2.05, 4.69) is 32.4 Å². The van der Waals surface area contributed by atoms with Crippen LogP contribution in [0.3, 0.4) is 0 Å². The van der Waals surface area contributed by atoms with Crippen LogP contribution in [-0.4, -0.2) is 66.7 Å². The molecule has 0 unspecified atom stereocenters. The van der Waals surface area contributed by atoms with Crippen molar-refractivity contribution in [2.45, 2.75) is 26.2 Å². The van der Waals surface area contributed by atoms with Crippen LogP contribution in [0.4, 0.5) is 5.82 Å². The van der Waals surface area contributed by atoms with Crippen LogP contribution in [0.1, 0.15) is 36.7 Å². The van der Waals surface area contributed by atoms with Gasteiger partial charge in [-0.1, -0.05) is 19.8 Å². The lowest BCUT2D eigenvalue weighted by molar-refractivity contribution is 0.0383. The Morgan fingerprint density at radius 1 is 1.26 bits per heavy atom. The maximum atomic E-state index is 12.1. The van der Waals surface area contributed by atoms with Gasteiger partial charge >= 0.3 is 0 Å². The normalized spacial score (nSPS) is 15.3. The zero-order valence-corrected chi connectivity index (χ0v) is 13.9. The Labute approximate surface area is 137 Å². The Kier molecular flexibility index (Phi) is 7.75. The molecule has 0 spiro atoms. The second-order valence-corrected chi connectivity index (χ2v) is 5.63. The third-order valence-corrected chi connectivity index (χ3v) is 3.80. The van der Waals surface area contributed by atoms with Crippen LogP contribution in [0.5, 0.6) is 0 Å². The van der Waals surface area contributed by atoms with Crippen molar-refractivity contribution >= 4 is 11.7 Å². The molecule has 1 aliphatic heterocycles. The van der Waals surface area contributed by atoms with Crippen LogP contribution in [0, 0.1) is 0 Å². The van der Waals surface area contributed by atoms with Crippen molar-refractivity contribution in [3.63, 3.8) is 0 Å². The van der Waals surface area contributed by atoms with Crippen LogP contribution in [0.2, 0.25) is 0 Å². The first-order valence-corrected chi connectivity index (χ1v) is 8.44. The summed E-state index contributed by atoms with van der Waals surface area (Å²) in [5.74, 6) is 0.548. The largest absolute Gasteiger partial charge is 0.379 e. The monoisotopic (exact) mass is 321 g/mol. The third kappa shape index (κ3) is 6.50. The van der Waals surface area contributed by atoms with E-state index in [4.69, 9.17) is 4.74 Å². The fraction of sp³-hybridized carbons (Fsp3) is 0.688. The van der Waals surface area contributed by atoms with E-state index >= 15 is 0 Å². The van der Waals surface area contributed by atoms with Crippen LogP contribution in [0.15, 0.2) is 12.4 Å². The molecule has 128 valence electrons. The highest BCUT2D eigenvalue weighted by Crippen LogP contribution is 2.05. The highest BCUT2D eigenvalue weighted by Gasteiger charge is 2.12. The van der Waals surface area contributed by atoms with Crippen molar-refractivity contribution < 1.29 is 9.53 Å². The summed E-state index contributed by atoms with van der Waals surface area (Å²) in [5.41, 5.74) is 0.403. The van der Waals surface area contributed by atoms with Crippen LogP contribution < -0.4 is 10.6 Å². The van der Waals surface area contributed by atoms with Crippen molar-refractivity contribution in [1.82, 2.24) is 20.2 Å². The van der Waals surface area contributed by atoms with Gasteiger partial charge in [-0.2, -0.15) is 0 Å². The number of amides is 1. The molecule has 2 heterocycles. The van der Waals surface area contributed by atoms with Crippen LogP contribution in [0.25, 0.3) is 0 Å². The Hall–Kier alpha value is -1.73. The Balaban J connectivity index is 1.72. The minimum atomic E-state index is -0.155. The number of aromatic nitrogens is 2. The molecule has 1 aromatic heterocycles. The summed E-state index contributed by atoms with van der Waals surface area (Å²) in [6.07, 6.45) is 4.90. The fourth-order valence-corrected chi connectivity index (χ4v) is 2.41. The smallest absolute Gasteiger partial charge is 0.270 e. The molecule has 1 fully saturated rings. The highest BCUT2D eigenvalue weighted by molar-refractivity contribution is 5.92. The van der Waals surface area contributed by atoms with E-state index < -0.39 is 0 Å². The summed E-state index contributed by atoms with van der Waals surface area (Å²) in [7, 11) is 0. The first kappa shape index (κ1) is 17.6. The Morgan fingerprint density at radius 2 is 2.09 bits per heavy atom. The van der Waals surface area contributed by atoms with E-state index in [-0.39, 0.29) is 5.91 Å². The molecule has 0 saturated carbocycles. The fourth-order valence-electron chi connectivity index (χ4n) is 2.41. The number of carbonyl (C=O) groups is 1. The number of nitrogens with one attached hydrogen (secondary N) is 2. The second kappa shape index (κ2) is 10.1. The number of morpholine rings is 1. The number of carbonyl (C=O) groups excluding carboxylic acids is 1. The average molecular weight is 321 g/mol. The van der Waals surface area contributed by atoms with Gasteiger partial charge in [-0.15, -0.1) is 0 Å². The zero-order valence-electron chi connectivity index (χ0n) is 13.9. The van der Waals surface area contributed by atoms with E-state index in [9.17, 15) is 4.79 Å². The molecule has 7 nitrogen and oxygen atoms in total. The van der Waals surface area contributed by atoms with E-state index in [1.807, 2.05) is 0 Å². The minimum absolute atomic E-state index is 0.155. The maximum Gasteiger partial charge on any atom is 0.270 e. The Morgan fingerprint density at radius 3 is 2.87 bits per heavy atom. The summed E-state index contributed by atoms with van der Waals surface area (Å²) < 4.78 is 5.30. The molecule has 0 radical (unpaired) electrons. The zero-order chi connectivity index (χ0) is 16.3. The standard InChI is InChI=1S/C16H27N5O2/c1-2-3-4-5-17-15-12-14(19-13-20-15)16(22)18-6-7-21-8-10-23-11-9-21/h12-13H,2-11H2,1H3,(H,18,22)(H,17,19,20). The number of nitrogens with zero attached hydrogens (tertiary/aromatic N) is 3. The van der Waals surface area contributed by atoms with E-state index in [1.54, 1.807) is 6.07 Å². The summed E-state index contributed by atoms with van der Waals surface area (Å²) in [6.45, 7) is 7.88. The van der Waals surface area contributed by atoms with Crippen molar-refractivity contribution in [1.29, 1.82) is 0 Å². The lowest BCUT2D eigenvalue weighted by Gasteiger charge is -2.26. The Bertz CT molecular complexity index is 477. The highest BCUT2D eigenvalue weighted by atomic mass is 16.5. The molecule has 1 aromatic rings. The quantitative estimate of drug-likeness (QED) is 0.664. The molecule has 1 aliphatic rings. The minimum Gasteiger partial charge on any atom is -0.379 e. The van der Waals surface area contributed by atoms with Crippen molar-refractivity contribution in [3.8, 4) is 0 Å². The average Bonchev–Trinajstić information content (AvgIpc) is 2.60. The van der Waals surface area contributed by atoms with E-state index in [1.165, 1.54) is 19.2 Å². The summed E-state index contributed by atoms with van der Waals surface area (Å²) in [6, 6.07) is 1.70. The lowest BCUT2D eigenvalue weighted by Crippen LogP contribution is -2.41. The van der Waals surface area contributed by atoms with Crippen LogP contribution in [-0.2, 0) is 4.74 Å². The number of ether oxygens (including phenoxy) is 1. The molecule has 2 N–H and O–H groups in total. The first-order chi connectivity index (χ1) is 11.3. The molecule has 0 aliphatic carbocycles. The number of hydrogen-bond donors (Lipinski definition) is 2.